The monoisotopic (exact) mass is 156 g/mol. The third kappa shape index (κ3) is 1.37. The minimum Gasteiger partial charge on any atom is -0.390 e. The summed E-state index contributed by atoms with van der Waals surface area (Å²) in [4.78, 5) is 22.7. The lowest BCUT2D eigenvalue weighted by Crippen LogP contribution is -2.05. The van der Waals surface area contributed by atoms with Crippen molar-refractivity contribution >= 4 is 12.2 Å². The van der Waals surface area contributed by atoms with Crippen LogP contribution in [0.2, 0.25) is 0 Å². The molecule has 1 heterocycles. The Morgan fingerprint density at radius 2 is 2.55 bits per heavy atom. The van der Waals surface area contributed by atoms with E-state index in [1.165, 1.54) is 0 Å². The van der Waals surface area contributed by atoms with Crippen molar-refractivity contribution in [2.24, 2.45) is 0 Å². The second kappa shape index (κ2) is 2.86. The molecule has 0 aliphatic rings. The molecule has 11 heavy (non-hydrogen) atoms. The number of hydrogen-bond donors (Lipinski definition) is 0. The normalized spacial score (nSPS) is 9.45. The summed E-state index contributed by atoms with van der Waals surface area (Å²) >= 11 is 0. The van der Waals surface area contributed by atoms with Crippen molar-refractivity contribution in [1.29, 1.82) is 0 Å². The van der Waals surface area contributed by atoms with E-state index in [0.29, 0.717) is 6.29 Å². The minimum absolute atomic E-state index is 0.143. The molecular formula is C4H4N4O3. The summed E-state index contributed by atoms with van der Waals surface area (Å²) in [6, 6.07) is 0. The molecule has 0 aliphatic heterocycles. The Hall–Kier alpha value is -1.79. The highest BCUT2D eigenvalue weighted by molar-refractivity contribution is 5.49. The van der Waals surface area contributed by atoms with E-state index in [9.17, 15) is 14.9 Å². The van der Waals surface area contributed by atoms with Gasteiger partial charge in [-0.15, -0.1) is 4.68 Å². The first-order valence-electron chi connectivity index (χ1n) is 2.71. The Bertz CT molecular complexity index is 281. The van der Waals surface area contributed by atoms with E-state index < -0.39 is 10.9 Å². The molecule has 0 saturated carbocycles. The minimum atomic E-state index is -0.698. The maximum atomic E-state index is 10.1. The standard InChI is InChI=1S/C4H4N4O3/c9-2-1-7-4(8(10)11)5-3-6-7/h2-3H,1H2. The van der Waals surface area contributed by atoms with E-state index in [4.69, 9.17) is 0 Å². The zero-order valence-electron chi connectivity index (χ0n) is 5.38. The number of nitrogens with zero attached hydrogens (tertiary/aromatic N) is 4. The van der Waals surface area contributed by atoms with Crippen LogP contribution in [0.1, 0.15) is 0 Å². The van der Waals surface area contributed by atoms with Gasteiger partial charge in [-0.3, -0.25) is 4.79 Å². The zero-order valence-corrected chi connectivity index (χ0v) is 5.38. The Balaban J connectivity index is 2.95. The third-order valence-corrected chi connectivity index (χ3v) is 1.01. The summed E-state index contributed by atoms with van der Waals surface area (Å²) in [5, 5.41) is 13.6. The van der Waals surface area contributed by atoms with Gasteiger partial charge in [0.2, 0.25) is 6.33 Å². The van der Waals surface area contributed by atoms with Crippen molar-refractivity contribution in [3.05, 3.63) is 16.4 Å². The molecule has 1 aromatic heterocycles. The predicted octanol–water partition coefficient (Wildman–Crippen LogP) is -0.615. The van der Waals surface area contributed by atoms with Crippen LogP contribution in [0, 0.1) is 10.1 Å². The fourth-order valence-electron chi connectivity index (χ4n) is 0.599. The highest BCUT2D eigenvalue weighted by Gasteiger charge is 2.14. The Labute approximate surface area is 60.8 Å². The van der Waals surface area contributed by atoms with Gasteiger partial charge < -0.3 is 10.1 Å². The second-order valence-corrected chi connectivity index (χ2v) is 1.67. The smallest absolute Gasteiger partial charge is 0.390 e. The fourth-order valence-corrected chi connectivity index (χ4v) is 0.599. The van der Waals surface area contributed by atoms with Crippen molar-refractivity contribution in [1.82, 2.24) is 14.8 Å². The SMILES string of the molecule is O=CCn1ncnc1[N+](=O)[O-]. The van der Waals surface area contributed by atoms with E-state index in [0.717, 1.165) is 11.0 Å². The molecule has 0 fully saturated rings. The Morgan fingerprint density at radius 1 is 1.82 bits per heavy atom. The van der Waals surface area contributed by atoms with Gasteiger partial charge in [0, 0.05) is 0 Å². The molecular weight excluding hydrogens is 152 g/mol. The lowest BCUT2D eigenvalue weighted by Gasteiger charge is -1.91. The van der Waals surface area contributed by atoms with E-state index in [1.807, 2.05) is 0 Å². The average molecular weight is 156 g/mol. The topological polar surface area (TPSA) is 90.9 Å². The van der Waals surface area contributed by atoms with Crippen LogP contribution in [0.25, 0.3) is 0 Å². The molecule has 0 amide bonds. The van der Waals surface area contributed by atoms with Crippen molar-refractivity contribution in [3.63, 3.8) is 0 Å². The quantitative estimate of drug-likeness (QED) is 0.330. The van der Waals surface area contributed by atoms with Crippen LogP contribution in [0.4, 0.5) is 5.95 Å². The molecule has 7 nitrogen and oxygen atoms in total. The van der Waals surface area contributed by atoms with Gasteiger partial charge in [0.25, 0.3) is 0 Å². The molecule has 1 aromatic rings. The number of carbonyl (C=O) groups is 1. The Morgan fingerprint density at radius 3 is 3.09 bits per heavy atom. The third-order valence-electron chi connectivity index (χ3n) is 1.01. The number of aldehydes is 1. The maximum absolute atomic E-state index is 10.1. The largest absolute Gasteiger partial charge is 0.455 e. The van der Waals surface area contributed by atoms with Gasteiger partial charge in [0.1, 0.15) is 6.54 Å². The van der Waals surface area contributed by atoms with Gasteiger partial charge in [0.05, 0.1) is 0 Å². The second-order valence-electron chi connectivity index (χ2n) is 1.67. The number of aromatic nitrogens is 3. The van der Waals surface area contributed by atoms with Crippen molar-refractivity contribution in [3.8, 4) is 0 Å². The average Bonchev–Trinajstić information content (AvgIpc) is 2.36. The number of rotatable bonds is 3. The van der Waals surface area contributed by atoms with Gasteiger partial charge in [0.15, 0.2) is 6.29 Å². The Kier molecular flexibility index (Phi) is 1.90. The lowest BCUT2D eigenvalue weighted by molar-refractivity contribution is -0.397. The number of nitro groups is 1. The van der Waals surface area contributed by atoms with E-state index in [1.54, 1.807) is 0 Å². The van der Waals surface area contributed by atoms with Crippen LogP contribution in [0.3, 0.4) is 0 Å². The van der Waals surface area contributed by atoms with Crippen LogP contribution in [0.15, 0.2) is 6.33 Å². The molecule has 0 unspecified atom stereocenters. The first kappa shape index (κ1) is 7.32. The number of carbonyl (C=O) groups excluding carboxylic acids is 1. The van der Waals surface area contributed by atoms with E-state index in [2.05, 4.69) is 10.1 Å². The summed E-state index contributed by atoms with van der Waals surface area (Å²) in [5.74, 6) is -0.419. The van der Waals surface area contributed by atoms with Crippen LogP contribution in [0.5, 0.6) is 0 Å². The maximum Gasteiger partial charge on any atom is 0.455 e. The van der Waals surface area contributed by atoms with Gasteiger partial charge in [-0.05, 0) is 4.92 Å². The fraction of sp³-hybridized carbons (Fsp3) is 0.250. The zero-order chi connectivity index (χ0) is 8.27. The van der Waals surface area contributed by atoms with Crippen LogP contribution in [-0.4, -0.2) is 26.0 Å². The summed E-state index contributed by atoms with van der Waals surface area (Å²) in [7, 11) is 0. The molecule has 0 saturated heterocycles. The predicted molar refractivity (Wildman–Crippen MR) is 32.7 cm³/mol. The van der Waals surface area contributed by atoms with Gasteiger partial charge in [-0.2, -0.15) is 0 Å². The molecule has 0 atom stereocenters. The van der Waals surface area contributed by atoms with Crippen LogP contribution >= 0.6 is 0 Å². The van der Waals surface area contributed by atoms with Gasteiger partial charge in [-0.1, -0.05) is 10.1 Å². The summed E-state index contributed by atoms with van der Waals surface area (Å²) in [6.45, 7) is -0.143. The van der Waals surface area contributed by atoms with Crippen molar-refractivity contribution in [2.75, 3.05) is 0 Å². The first-order valence-corrected chi connectivity index (χ1v) is 2.71. The van der Waals surface area contributed by atoms with Gasteiger partial charge >= 0.3 is 5.95 Å². The van der Waals surface area contributed by atoms with Crippen molar-refractivity contribution < 1.29 is 9.72 Å². The van der Waals surface area contributed by atoms with Gasteiger partial charge in [-0.25, -0.2) is 0 Å². The summed E-state index contributed by atoms with van der Waals surface area (Å²) in [5.41, 5.74) is 0. The molecule has 7 heteroatoms. The van der Waals surface area contributed by atoms with Crippen LogP contribution < -0.4 is 0 Å². The molecule has 0 spiro atoms. The highest BCUT2D eigenvalue weighted by atomic mass is 16.6. The van der Waals surface area contributed by atoms with E-state index >= 15 is 0 Å². The number of hydrogen-bond acceptors (Lipinski definition) is 5. The molecule has 0 N–H and O–H groups in total. The molecule has 0 bridgehead atoms. The lowest BCUT2D eigenvalue weighted by atomic mass is 10.7. The van der Waals surface area contributed by atoms with Crippen LogP contribution in [-0.2, 0) is 11.3 Å². The molecule has 1 rings (SSSR count). The molecule has 0 aliphatic carbocycles. The summed E-state index contributed by atoms with van der Waals surface area (Å²) in [6.07, 6.45) is 1.54. The molecule has 58 valence electrons. The molecule has 0 radical (unpaired) electrons. The highest BCUT2D eigenvalue weighted by Crippen LogP contribution is 2.02. The molecule has 0 aromatic carbocycles. The van der Waals surface area contributed by atoms with Crippen molar-refractivity contribution in [2.45, 2.75) is 6.54 Å². The first-order chi connectivity index (χ1) is 5.25. The summed E-state index contributed by atoms with van der Waals surface area (Å²) < 4.78 is 0.910. The van der Waals surface area contributed by atoms with E-state index in [-0.39, 0.29) is 6.54 Å².